The van der Waals surface area contributed by atoms with Gasteiger partial charge in [-0.25, -0.2) is 4.39 Å². The largest absolute Gasteiger partial charge is 0.487 e. The average molecular weight is 268 g/mol. The Morgan fingerprint density at radius 3 is 2.89 bits per heavy atom. The number of aromatic nitrogens is 1. The lowest BCUT2D eigenvalue weighted by Gasteiger charge is -2.07. The Kier molecular flexibility index (Phi) is 3.96. The second-order valence-corrected chi connectivity index (χ2v) is 3.95. The fourth-order valence-electron chi connectivity index (χ4n) is 1.37. The maximum Gasteiger partial charge on any atom is 0.142 e. The first-order valence-corrected chi connectivity index (χ1v) is 5.56. The van der Waals surface area contributed by atoms with E-state index in [9.17, 15) is 4.39 Å². The van der Waals surface area contributed by atoms with Crippen LogP contribution < -0.4 is 16.0 Å². The van der Waals surface area contributed by atoms with Gasteiger partial charge >= 0.3 is 0 Å². The summed E-state index contributed by atoms with van der Waals surface area (Å²) in [6.45, 7) is 0.248. The molecule has 0 radical (unpaired) electrons. The summed E-state index contributed by atoms with van der Waals surface area (Å²) in [6, 6.07) is 7.67. The average Bonchev–Trinajstić information content (AvgIpc) is 2.40. The van der Waals surface area contributed by atoms with Gasteiger partial charge in [0.2, 0.25) is 0 Å². The number of hydrogen-bond acceptors (Lipinski definition) is 4. The van der Waals surface area contributed by atoms with Gasteiger partial charge in [-0.3, -0.25) is 10.8 Å². The summed E-state index contributed by atoms with van der Waals surface area (Å²) in [5, 5.41) is 0.0258. The molecule has 18 heavy (non-hydrogen) atoms. The molecule has 0 aliphatic rings. The summed E-state index contributed by atoms with van der Waals surface area (Å²) in [4.78, 5) is 4.11. The fourth-order valence-corrected chi connectivity index (χ4v) is 1.54. The van der Waals surface area contributed by atoms with Crippen molar-refractivity contribution in [3.63, 3.8) is 0 Å². The van der Waals surface area contributed by atoms with E-state index in [1.54, 1.807) is 18.3 Å². The zero-order valence-corrected chi connectivity index (χ0v) is 10.1. The predicted octanol–water partition coefficient (Wildman–Crippen LogP) is 2.74. The van der Waals surface area contributed by atoms with Crippen LogP contribution in [0.1, 0.15) is 5.69 Å². The number of rotatable bonds is 4. The molecule has 4 nitrogen and oxygen atoms in total. The predicted molar refractivity (Wildman–Crippen MR) is 67.8 cm³/mol. The first-order valence-electron chi connectivity index (χ1n) is 5.18. The maximum atomic E-state index is 12.9. The molecule has 0 aliphatic carbocycles. The molecule has 0 atom stereocenters. The number of pyridine rings is 1. The third kappa shape index (κ3) is 3.09. The van der Waals surface area contributed by atoms with E-state index >= 15 is 0 Å². The smallest absolute Gasteiger partial charge is 0.142 e. The van der Waals surface area contributed by atoms with Crippen LogP contribution in [0.15, 0.2) is 36.5 Å². The van der Waals surface area contributed by atoms with Gasteiger partial charge in [-0.2, -0.15) is 0 Å². The van der Waals surface area contributed by atoms with Crippen molar-refractivity contribution in [2.45, 2.75) is 6.61 Å². The number of hydrogen-bond donors (Lipinski definition) is 2. The molecule has 0 fully saturated rings. The van der Waals surface area contributed by atoms with E-state index in [-0.39, 0.29) is 11.6 Å². The third-order valence-electron chi connectivity index (χ3n) is 2.26. The van der Waals surface area contributed by atoms with E-state index < -0.39 is 5.82 Å². The van der Waals surface area contributed by atoms with Gasteiger partial charge in [-0.1, -0.05) is 11.6 Å². The number of nitrogens with two attached hydrogens (primary N) is 1. The van der Waals surface area contributed by atoms with Crippen LogP contribution in [0.4, 0.5) is 10.1 Å². The highest BCUT2D eigenvalue weighted by Crippen LogP contribution is 2.21. The highest BCUT2D eigenvalue weighted by molar-refractivity contribution is 6.30. The number of hydrazine groups is 1. The number of halogens is 2. The number of nitrogen functional groups attached to an aromatic ring is 1. The van der Waals surface area contributed by atoms with Gasteiger partial charge in [0.05, 0.1) is 16.4 Å². The molecule has 6 heteroatoms. The minimum atomic E-state index is -0.475. The molecule has 0 aliphatic heterocycles. The second-order valence-electron chi connectivity index (χ2n) is 3.54. The Morgan fingerprint density at radius 2 is 2.17 bits per heavy atom. The first-order chi connectivity index (χ1) is 8.69. The topological polar surface area (TPSA) is 60.2 Å². The quantitative estimate of drug-likeness (QED) is 0.661. The van der Waals surface area contributed by atoms with Crippen molar-refractivity contribution in [3.8, 4) is 5.75 Å². The number of anilines is 1. The van der Waals surface area contributed by atoms with Crippen molar-refractivity contribution in [1.82, 2.24) is 4.98 Å². The zero-order chi connectivity index (χ0) is 13.0. The molecule has 1 aromatic carbocycles. The van der Waals surface area contributed by atoms with Crippen LogP contribution in [0, 0.1) is 5.82 Å². The lowest BCUT2D eigenvalue weighted by molar-refractivity contribution is 0.301. The maximum absolute atomic E-state index is 12.9. The molecule has 0 saturated heterocycles. The lowest BCUT2D eigenvalue weighted by Crippen LogP contribution is -2.08. The van der Waals surface area contributed by atoms with Crippen LogP contribution in [0.25, 0.3) is 0 Å². The van der Waals surface area contributed by atoms with Crippen LogP contribution in [-0.2, 0) is 6.61 Å². The lowest BCUT2D eigenvalue weighted by atomic mass is 10.3. The molecular formula is C12H11ClFN3O. The van der Waals surface area contributed by atoms with E-state index in [0.29, 0.717) is 11.4 Å². The molecule has 0 bridgehead atoms. The number of ether oxygens (including phenoxy) is 1. The molecule has 0 unspecified atom stereocenters. The normalized spacial score (nSPS) is 10.2. The van der Waals surface area contributed by atoms with Crippen molar-refractivity contribution < 1.29 is 9.13 Å². The van der Waals surface area contributed by atoms with Crippen molar-refractivity contribution in [1.29, 1.82) is 0 Å². The van der Waals surface area contributed by atoms with Gasteiger partial charge in [0, 0.05) is 12.3 Å². The highest BCUT2D eigenvalue weighted by Gasteiger charge is 2.03. The number of benzene rings is 1. The molecule has 1 aromatic heterocycles. The Labute approximate surface area is 109 Å². The SMILES string of the molecule is NNc1ccnc(COc2ccc(F)c(Cl)c2)c1. The minimum absolute atomic E-state index is 0.0258. The Bertz CT molecular complexity index is 551. The first kappa shape index (κ1) is 12.6. The Balaban J connectivity index is 2.04. The van der Waals surface area contributed by atoms with E-state index in [1.807, 2.05) is 0 Å². The molecule has 2 aromatic rings. The molecule has 94 valence electrons. The van der Waals surface area contributed by atoms with Crippen LogP contribution in [-0.4, -0.2) is 4.98 Å². The third-order valence-corrected chi connectivity index (χ3v) is 2.55. The summed E-state index contributed by atoms with van der Waals surface area (Å²) in [5.74, 6) is 5.29. The Morgan fingerprint density at radius 1 is 1.33 bits per heavy atom. The minimum Gasteiger partial charge on any atom is -0.487 e. The van der Waals surface area contributed by atoms with Crippen LogP contribution in [0.3, 0.4) is 0 Å². The van der Waals surface area contributed by atoms with Gasteiger partial charge in [-0.05, 0) is 24.3 Å². The van der Waals surface area contributed by atoms with Crippen molar-refractivity contribution >= 4 is 17.3 Å². The van der Waals surface area contributed by atoms with Crippen molar-refractivity contribution in [2.24, 2.45) is 5.84 Å². The molecule has 3 N–H and O–H groups in total. The number of nitrogens with zero attached hydrogens (tertiary/aromatic N) is 1. The Hall–Kier alpha value is -1.85. The summed E-state index contributed by atoms with van der Waals surface area (Å²) in [5.41, 5.74) is 3.95. The highest BCUT2D eigenvalue weighted by atomic mass is 35.5. The van der Waals surface area contributed by atoms with Gasteiger partial charge in [0.1, 0.15) is 18.2 Å². The zero-order valence-electron chi connectivity index (χ0n) is 9.36. The number of nitrogens with one attached hydrogen (secondary N) is 1. The van der Waals surface area contributed by atoms with Gasteiger partial charge < -0.3 is 10.2 Å². The molecule has 2 rings (SSSR count). The van der Waals surface area contributed by atoms with Crippen LogP contribution >= 0.6 is 11.6 Å². The summed E-state index contributed by atoms with van der Waals surface area (Å²) >= 11 is 5.65. The van der Waals surface area contributed by atoms with E-state index in [0.717, 1.165) is 5.69 Å². The van der Waals surface area contributed by atoms with Crippen LogP contribution in [0.2, 0.25) is 5.02 Å². The molecule has 1 heterocycles. The summed E-state index contributed by atoms with van der Waals surface area (Å²) in [7, 11) is 0. The van der Waals surface area contributed by atoms with Gasteiger partial charge in [-0.15, -0.1) is 0 Å². The van der Waals surface area contributed by atoms with Crippen molar-refractivity contribution in [3.05, 3.63) is 53.1 Å². The molecule has 0 saturated carbocycles. The molecule has 0 amide bonds. The fraction of sp³-hybridized carbons (Fsp3) is 0.0833. The summed E-state index contributed by atoms with van der Waals surface area (Å²) < 4.78 is 18.4. The second kappa shape index (κ2) is 5.66. The standard InChI is InChI=1S/C12H11ClFN3O/c13-11-6-10(1-2-12(11)14)18-7-9-5-8(17-15)3-4-16-9/h1-6H,7,15H2,(H,16,17). The van der Waals surface area contributed by atoms with Crippen molar-refractivity contribution in [2.75, 3.05) is 5.43 Å². The molecular weight excluding hydrogens is 257 g/mol. The van der Waals surface area contributed by atoms with Gasteiger partial charge in [0.15, 0.2) is 0 Å². The van der Waals surface area contributed by atoms with E-state index in [4.69, 9.17) is 22.2 Å². The summed E-state index contributed by atoms with van der Waals surface area (Å²) in [6.07, 6.45) is 1.62. The van der Waals surface area contributed by atoms with E-state index in [1.165, 1.54) is 18.2 Å². The van der Waals surface area contributed by atoms with E-state index in [2.05, 4.69) is 10.4 Å². The van der Waals surface area contributed by atoms with Crippen LogP contribution in [0.5, 0.6) is 5.75 Å². The monoisotopic (exact) mass is 267 g/mol. The molecule has 0 spiro atoms. The van der Waals surface area contributed by atoms with Gasteiger partial charge in [0.25, 0.3) is 0 Å².